The van der Waals surface area contributed by atoms with E-state index in [0.29, 0.717) is 60.4 Å². The Bertz CT molecular complexity index is 1670. The number of nitrogens with two attached hydrogens (primary N) is 1. The van der Waals surface area contributed by atoms with Crippen LogP contribution in [0.2, 0.25) is 0 Å². The molecule has 5 rings (SSSR count). The van der Waals surface area contributed by atoms with Crippen molar-refractivity contribution in [3.63, 3.8) is 0 Å². The van der Waals surface area contributed by atoms with Crippen LogP contribution in [0, 0.1) is 0 Å². The lowest BCUT2D eigenvalue weighted by Crippen LogP contribution is -2.47. The van der Waals surface area contributed by atoms with Gasteiger partial charge in [0, 0.05) is 37.1 Å². The first-order valence-electron chi connectivity index (χ1n) is 13.0. The summed E-state index contributed by atoms with van der Waals surface area (Å²) in [6.07, 6.45) is 0.434. The van der Waals surface area contributed by atoms with Crippen LogP contribution in [-0.4, -0.2) is 65.3 Å². The van der Waals surface area contributed by atoms with Gasteiger partial charge in [-0.25, -0.2) is 18.2 Å². The zero-order valence-corrected chi connectivity index (χ0v) is 23.7. The predicted molar refractivity (Wildman–Crippen MR) is 158 cm³/mol. The Labute approximate surface area is 236 Å². The topological polar surface area (TPSA) is 144 Å². The molecule has 1 aliphatic heterocycles. The highest BCUT2D eigenvalue weighted by atomic mass is 32.2. The minimum Gasteiger partial charge on any atom is -0.375 e. The van der Waals surface area contributed by atoms with E-state index in [1.54, 1.807) is 41.5 Å². The molecule has 1 amide bonds. The molecule has 13 heteroatoms. The maximum Gasteiger partial charge on any atom is 0.334 e. The third-order valence-electron chi connectivity index (χ3n) is 6.57. The van der Waals surface area contributed by atoms with E-state index in [4.69, 9.17) is 5.73 Å². The number of imidazole rings is 1. The Morgan fingerprint density at radius 2 is 1.80 bits per heavy atom. The van der Waals surface area contributed by atoms with Crippen LogP contribution < -0.4 is 21.5 Å². The van der Waals surface area contributed by atoms with Crippen molar-refractivity contribution in [1.82, 2.24) is 24.3 Å². The number of rotatable bonds is 9. The van der Waals surface area contributed by atoms with Gasteiger partial charge in [0.25, 0.3) is 5.91 Å². The molecule has 40 heavy (non-hydrogen) atoms. The number of amides is 1. The van der Waals surface area contributed by atoms with Gasteiger partial charge in [0.2, 0.25) is 10.0 Å². The highest BCUT2D eigenvalue weighted by Crippen LogP contribution is 2.31. The number of nitrogens with one attached hydrogen (secondary N) is 2. The Morgan fingerprint density at radius 3 is 2.48 bits per heavy atom. The number of aromatic nitrogens is 3. The summed E-state index contributed by atoms with van der Waals surface area (Å²) in [4.78, 5) is 34.6. The lowest BCUT2D eigenvalue weighted by molar-refractivity contribution is 0.0725. The van der Waals surface area contributed by atoms with Crippen molar-refractivity contribution in [2.45, 2.75) is 19.9 Å². The molecule has 4 N–H and O–H groups in total. The highest BCUT2D eigenvalue weighted by molar-refractivity contribution is 7.92. The zero-order chi connectivity index (χ0) is 28.3. The predicted octanol–water partition coefficient (Wildman–Crippen LogP) is 2.59. The Morgan fingerprint density at radius 1 is 1.10 bits per heavy atom. The molecule has 0 saturated carbocycles. The van der Waals surface area contributed by atoms with E-state index >= 15 is 0 Å². The standard InChI is InChI=1S/C27H31N7O4S2/c1-2-16-40(37,38)31-21-10-6-7-11-22(21)34-23(19-8-4-3-5-9-19)24(25(35)32-14-12-29-13-15-32)33(27(34)36)17-20-18-39-26(28)30-20/h3-11,18,29,31H,2,12-17H2,1H3,(H2,28,30). The van der Waals surface area contributed by atoms with Gasteiger partial charge in [-0.3, -0.25) is 18.7 Å². The van der Waals surface area contributed by atoms with Crippen molar-refractivity contribution < 1.29 is 13.2 Å². The lowest BCUT2D eigenvalue weighted by Gasteiger charge is -2.28. The van der Waals surface area contributed by atoms with E-state index < -0.39 is 15.7 Å². The highest BCUT2D eigenvalue weighted by Gasteiger charge is 2.32. The first-order chi connectivity index (χ1) is 19.3. The molecule has 0 bridgehead atoms. The molecule has 0 atom stereocenters. The SMILES string of the molecule is CCCS(=O)(=O)Nc1ccccc1-n1c(-c2ccccc2)c(C(=O)N2CCNCC2)n(Cc2csc(N)n2)c1=O. The summed E-state index contributed by atoms with van der Waals surface area (Å²) in [6, 6.07) is 15.9. The van der Waals surface area contributed by atoms with E-state index in [9.17, 15) is 18.0 Å². The fourth-order valence-corrected chi connectivity index (χ4v) is 6.51. The monoisotopic (exact) mass is 581 g/mol. The molecular formula is C27H31N7O4S2. The molecule has 1 fully saturated rings. The smallest absolute Gasteiger partial charge is 0.334 e. The van der Waals surface area contributed by atoms with Gasteiger partial charge in [-0.15, -0.1) is 11.3 Å². The quantitative estimate of drug-likeness (QED) is 0.276. The third-order valence-corrected chi connectivity index (χ3v) is 8.77. The summed E-state index contributed by atoms with van der Waals surface area (Å²) >= 11 is 1.25. The van der Waals surface area contributed by atoms with Crippen LogP contribution in [0.5, 0.6) is 0 Å². The largest absolute Gasteiger partial charge is 0.375 e. The van der Waals surface area contributed by atoms with Crippen LogP contribution >= 0.6 is 11.3 Å². The van der Waals surface area contributed by atoms with Crippen molar-refractivity contribution in [1.29, 1.82) is 0 Å². The van der Waals surface area contributed by atoms with Gasteiger partial charge >= 0.3 is 5.69 Å². The van der Waals surface area contributed by atoms with Gasteiger partial charge in [0.15, 0.2) is 5.13 Å². The number of nitrogen functional groups attached to an aromatic ring is 1. The number of nitrogens with zero attached hydrogens (tertiary/aromatic N) is 4. The zero-order valence-electron chi connectivity index (χ0n) is 22.0. The van der Waals surface area contributed by atoms with Crippen molar-refractivity contribution in [3.05, 3.63) is 81.8 Å². The summed E-state index contributed by atoms with van der Waals surface area (Å²) in [5.74, 6) is -0.357. The molecular weight excluding hydrogens is 550 g/mol. The van der Waals surface area contributed by atoms with Crippen LogP contribution in [0.15, 0.2) is 64.8 Å². The molecule has 3 heterocycles. The molecule has 210 valence electrons. The second-order valence-corrected chi connectivity index (χ2v) is 12.2. The number of sulfonamides is 1. The van der Waals surface area contributed by atoms with E-state index in [1.165, 1.54) is 20.5 Å². The average Bonchev–Trinajstić information content (AvgIpc) is 3.49. The minimum absolute atomic E-state index is 0.0241. The number of hydrogen-bond donors (Lipinski definition) is 3. The molecule has 2 aromatic carbocycles. The first-order valence-corrected chi connectivity index (χ1v) is 15.5. The first kappa shape index (κ1) is 27.6. The van der Waals surface area contributed by atoms with E-state index in [1.807, 2.05) is 30.3 Å². The third kappa shape index (κ3) is 5.67. The van der Waals surface area contributed by atoms with Crippen LogP contribution in [0.25, 0.3) is 16.9 Å². The number of thiazole rings is 1. The van der Waals surface area contributed by atoms with Crippen LogP contribution in [0.4, 0.5) is 10.8 Å². The summed E-state index contributed by atoms with van der Waals surface area (Å²) in [5.41, 5.74) is 7.70. The van der Waals surface area contributed by atoms with Crippen molar-refractivity contribution in [2.75, 3.05) is 42.4 Å². The van der Waals surface area contributed by atoms with Crippen LogP contribution in [0.3, 0.4) is 0 Å². The minimum atomic E-state index is -3.66. The van der Waals surface area contributed by atoms with E-state index in [0.717, 1.165) is 0 Å². The molecule has 11 nitrogen and oxygen atoms in total. The van der Waals surface area contributed by atoms with Gasteiger partial charge in [0.1, 0.15) is 5.69 Å². The number of carbonyl (C=O) groups is 1. The second kappa shape index (κ2) is 11.7. The maximum atomic E-state index is 14.3. The Hall–Kier alpha value is -3.94. The second-order valence-electron chi connectivity index (χ2n) is 9.42. The van der Waals surface area contributed by atoms with Crippen molar-refractivity contribution in [3.8, 4) is 16.9 Å². The Balaban J connectivity index is 1.79. The van der Waals surface area contributed by atoms with Crippen LogP contribution in [0.1, 0.15) is 29.5 Å². The average molecular weight is 582 g/mol. The molecule has 0 spiro atoms. The van der Waals surface area contributed by atoms with Crippen LogP contribution in [-0.2, 0) is 16.6 Å². The van der Waals surface area contributed by atoms with E-state index in [2.05, 4.69) is 15.0 Å². The fraction of sp³-hybridized carbons (Fsp3) is 0.296. The lowest BCUT2D eigenvalue weighted by atomic mass is 10.1. The van der Waals surface area contributed by atoms with Gasteiger partial charge in [-0.2, -0.15) is 0 Å². The number of anilines is 2. The van der Waals surface area contributed by atoms with Crippen molar-refractivity contribution >= 4 is 38.1 Å². The van der Waals surface area contributed by atoms with Crippen molar-refractivity contribution in [2.24, 2.45) is 0 Å². The Kier molecular flexibility index (Phi) is 8.05. The van der Waals surface area contributed by atoms with E-state index in [-0.39, 0.29) is 29.6 Å². The summed E-state index contributed by atoms with van der Waals surface area (Å²) in [7, 11) is -3.66. The summed E-state index contributed by atoms with van der Waals surface area (Å²) < 4.78 is 31.0. The molecule has 0 unspecified atom stereocenters. The molecule has 2 aromatic heterocycles. The van der Waals surface area contributed by atoms with Gasteiger partial charge in [0.05, 0.1) is 35.1 Å². The van der Waals surface area contributed by atoms with Gasteiger partial charge in [-0.1, -0.05) is 49.4 Å². The fourth-order valence-electron chi connectivity index (χ4n) is 4.81. The summed E-state index contributed by atoms with van der Waals surface area (Å²) in [6.45, 7) is 4.07. The number of hydrogen-bond acceptors (Lipinski definition) is 8. The summed E-state index contributed by atoms with van der Waals surface area (Å²) in [5, 5.41) is 5.37. The van der Waals surface area contributed by atoms with Gasteiger partial charge < -0.3 is 16.0 Å². The number of benzene rings is 2. The molecule has 0 radical (unpaired) electrons. The molecule has 1 aliphatic rings. The number of para-hydroxylation sites is 2. The maximum absolute atomic E-state index is 14.3. The number of piperazine rings is 1. The molecule has 0 aliphatic carbocycles. The molecule has 4 aromatic rings. The van der Waals surface area contributed by atoms with Gasteiger partial charge in [-0.05, 0) is 18.6 Å². The molecule has 1 saturated heterocycles. The number of carbonyl (C=O) groups excluding carboxylic acids is 1. The normalized spacial score (nSPS) is 13.9.